The van der Waals surface area contributed by atoms with Crippen LogP contribution in [0.25, 0.3) is 22.4 Å². The van der Waals surface area contributed by atoms with E-state index in [1.807, 2.05) is 0 Å². The topological polar surface area (TPSA) is 60.9 Å². The average Bonchev–Trinajstić information content (AvgIpc) is 2.98. The van der Waals surface area contributed by atoms with E-state index in [0.717, 1.165) is 4.68 Å². The lowest BCUT2D eigenvalue weighted by molar-refractivity contribution is 0.0985. The first-order chi connectivity index (χ1) is 12.7. The number of benzene rings is 2. The number of aryl methyl sites for hydroxylation is 1. The molecule has 0 unspecified atom stereocenters. The van der Waals surface area contributed by atoms with Crippen molar-refractivity contribution >= 4 is 29.1 Å². The molecule has 140 valence electrons. The van der Waals surface area contributed by atoms with Crippen molar-refractivity contribution in [2.24, 2.45) is 12.8 Å². The molecule has 1 aromatic heterocycles. The largest absolute Gasteiger partial charge is 0.365 e. The van der Waals surface area contributed by atoms with Gasteiger partial charge in [0.25, 0.3) is 12.3 Å². The highest BCUT2D eigenvalue weighted by Crippen LogP contribution is 2.43. The molecule has 4 nitrogen and oxygen atoms in total. The molecule has 1 heterocycles. The lowest BCUT2D eigenvalue weighted by Crippen LogP contribution is -2.15. The van der Waals surface area contributed by atoms with Gasteiger partial charge in [-0.2, -0.15) is 5.10 Å². The number of amides is 1. The molecule has 0 spiro atoms. The number of nitrogens with zero attached hydrogens (tertiary/aromatic N) is 2. The zero-order valence-corrected chi connectivity index (χ0v) is 15.3. The van der Waals surface area contributed by atoms with Gasteiger partial charge in [-0.25, -0.2) is 13.2 Å². The van der Waals surface area contributed by atoms with Gasteiger partial charge in [-0.05, 0) is 17.2 Å². The van der Waals surface area contributed by atoms with E-state index in [1.54, 1.807) is 30.3 Å². The van der Waals surface area contributed by atoms with Crippen molar-refractivity contribution in [1.29, 1.82) is 0 Å². The number of carbonyl (C=O) groups is 1. The molecule has 0 aliphatic heterocycles. The molecule has 2 N–H and O–H groups in total. The van der Waals surface area contributed by atoms with Crippen molar-refractivity contribution in [2.75, 3.05) is 0 Å². The van der Waals surface area contributed by atoms with Crippen LogP contribution >= 0.6 is 23.2 Å². The molecule has 9 heteroatoms. The van der Waals surface area contributed by atoms with Crippen LogP contribution in [0.3, 0.4) is 0 Å². The SMILES string of the molecule is Cn1nc(C(F)F)c(C(N)=O)c1-c1c(-c2ccccc2)cc(Cl)c(Cl)c1F. The van der Waals surface area contributed by atoms with Gasteiger partial charge in [0.2, 0.25) is 0 Å². The first kappa shape index (κ1) is 19.3. The maximum atomic E-state index is 15.1. The zero-order valence-electron chi connectivity index (χ0n) is 13.8. The average molecular weight is 414 g/mol. The minimum absolute atomic E-state index is 0.0614. The predicted octanol–water partition coefficient (Wildman–Crippen LogP) is 5.24. The molecular weight excluding hydrogens is 402 g/mol. The first-order valence-corrected chi connectivity index (χ1v) is 8.37. The summed E-state index contributed by atoms with van der Waals surface area (Å²) in [5.41, 5.74) is 4.32. The fraction of sp³-hybridized carbons (Fsp3) is 0.111. The molecule has 0 radical (unpaired) electrons. The van der Waals surface area contributed by atoms with E-state index in [0.29, 0.717) is 5.56 Å². The Morgan fingerprint density at radius 1 is 1.22 bits per heavy atom. The number of nitrogens with two attached hydrogens (primary N) is 1. The number of primary amides is 1. The van der Waals surface area contributed by atoms with Gasteiger partial charge in [0.1, 0.15) is 5.69 Å². The molecule has 0 bridgehead atoms. The molecule has 0 saturated heterocycles. The smallest absolute Gasteiger partial charge is 0.282 e. The molecule has 27 heavy (non-hydrogen) atoms. The Kier molecular flexibility index (Phi) is 5.17. The Bertz CT molecular complexity index is 1040. The number of aromatic nitrogens is 2. The molecule has 2 aromatic carbocycles. The number of hydrogen-bond donors (Lipinski definition) is 1. The molecule has 0 atom stereocenters. The fourth-order valence-corrected chi connectivity index (χ4v) is 3.24. The van der Waals surface area contributed by atoms with Crippen LogP contribution in [0.5, 0.6) is 0 Å². The van der Waals surface area contributed by atoms with Crippen LogP contribution in [0.1, 0.15) is 22.5 Å². The summed E-state index contributed by atoms with van der Waals surface area (Å²) in [7, 11) is 1.31. The van der Waals surface area contributed by atoms with Crippen LogP contribution in [-0.4, -0.2) is 15.7 Å². The van der Waals surface area contributed by atoms with Crippen LogP contribution in [0.4, 0.5) is 13.2 Å². The maximum Gasteiger partial charge on any atom is 0.282 e. The van der Waals surface area contributed by atoms with Gasteiger partial charge >= 0.3 is 0 Å². The monoisotopic (exact) mass is 413 g/mol. The molecule has 0 saturated carbocycles. The van der Waals surface area contributed by atoms with Gasteiger partial charge in [-0.3, -0.25) is 9.48 Å². The van der Waals surface area contributed by atoms with Crippen molar-refractivity contribution in [3.8, 4) is 22.4 Å². The second-order valence-electron chi connectivity index (χ2n) is 5.67. The highest BCUT2D eigenvalue weighted by molar-refractivity contribution is 6.42. The minimum Gasteiger partial charge on any atom is -0.365 e. The van der Waals surface area contributed by atoms with Gasteiger partial charge in [0.15, 0.2) is 5.82 Å². The van der Waals surface area contributed by atoms with E-state index < -0.39 is 34.4 Å². The summed E-state index contributed by atoms with van der Waals surface area (Å²) in [6.07, 6.45) is -3.07. The molecule has 3 rings (SSSR count). The summed E-state index contributed by atoms with van der Waals surface area (Å²) in [4.78, 5) is 11.9. The van der Waals surface area contributed by atoms with E-state index in [9.17, 15) is 13.6 Å². The van der Waals surface area contributed by atoms with Gasteiger partial charge in [-0.1, -0.05) is 53.5 Å². The lowest BCUT2D eigenvalue weighted by atomic mass is 9.94. The number of alkyl halides is 2. The van der Waals surface area contributed by atoms with Crippen LogP contribution in [0.15, 0.2) is 36.4 Å². The summed E-state index contributed by atoms with van der Waals surface area (Å²) in [5.74, 6) is -2.12. The zero-order chi connectivity index (χ0) is 19.9. The Morgan fingerprint density at radius 3 is 2.41 bits per heavy atom. The van der Waals surface area contributed by atoms with Crippen LogP contribution in [0, 0.1) is 5.82 Å². The van der Waals surface area contributed by atoms with Crippen molar-refractivity contribution in [1.82, 2.24) is 9.78 Å². The normalized spacial score (nSPS) is 11.2. The summed E-state index contributed by atoms with van der Waals surface area (Å²) >= 11 is 12.0. The Hall–Kier alpha value is -2.51. The van der Waals surface area contributed by atoms with Crippen molar-refractivity contribution in [3.05, 3.63) is 63.5 Å². The quantitative estimate of drug-likeness (QED) is 0.594. The Morgan fingerprint density at radius 2 is 1.85 bits per heavy atom. The predicted molar refractivity (Wildman–Crippen MR) is 97.5 cm³/mol. The second-order valence-corrected chi connectivity index (χ2v) is 6.46. The van der Waals surface area contributed by atoms with Crippen LogP contribution in [-0.2, 0) is 7.05 Å². The molecule has 1 amide bonds. The minimum atomic E-state index is -3.07. The molecule has 0 fully saturated rings. The lowest BCUT2D eigenvalue weighted by Gasteiger charge is -2.15. The number of rotatable bonds is 4. The highest BCUT2D eigenvalue weighted by Gasteiger charge is 2.31. The van der Waals surface area contributed by atoms with Gasteiger partial charge in [0, 0.05) is 12.6 Å². The number of carbonyl (C=O) groups excluding carboxylic acids is 1. The van der Waals surface area contributed by atoms with Gasteiger partial charge < -0.3 is 5.73 Å². The van der Waals surface area contributed by atoms with E-state index >= 15 is 4.39 Å². The third-order valence-electron chi connectivity index (χ3n) is 4.01. The van der Waals surface area contributed by atoms with Crippen LogP contribution in [0.2, 0.25) is 10.0 Å². The van der Waals surface area contributed by atoms with Gasteiger partial charge in [0.05, 0.1) is 21.3 Å². The van der Waals surface area contributed by atoms with Crippen molar-refractivity contribution in [2.45, 2.75) is 6.43 Å². The van der Waals surface area contributed by atoms with Crippen molar-refractivity contribution in [3.63, 3.8) is 0 Å². The van der Waals surface area contributed by atoms with E-state index in [1.165, 1.54) is 13.1 Å². The third kappa shape index (κ3) is 3.28. The standard InChI is InChI=1S/C18H12Cl2F3N3O/c1-26-16(12(18(24)27)15(25-26)17(22)23)11-9(8-5-3-2-4-6-8)7-10(19)13(20)14(11)21/h2-7,17H,1H3,(H2,24,27). The second kappa shape index (κ2) is 7.25. The van der Waals surface area contributed by atoms with Crippen molar-refractivity contribution < 1.29 is 18.0 Å². The molecule has 3 aromatic rings. The molecule has 0 aliphatic carbocycles. The Balaban J connectivity index is 2.46. The summed E-state index contributed by atoms with van der Waals surface area (Å²) in [6, 6.07) is 9.93. The van der Waals surface area contributed by atoms with E-state index in [2.05, 4.69) is 5.10 Å². The summed E-state index contributed by atoms with van der Waals surface area (Å²) < 4.78 is 42.8. The Labute approximate surface area is 162 Å². The maximum absolute atomic E-state index is 15.1. The van der Waals surface area contributed by atoms with Gasteiger partial charge in [-0.15, -0.1) is 0 Å². The molecule has 0 aliphatic rings. The summed E-state index contributed by atoms with van der Waals surface area (Å²) in [5, 5.41) is 3.20. The highest BCUT2D eigenvalue weighted by atomic mass is 35.5. The van der Waals surface area contributed by atoms with E-state index in [-0.39, 0.29) is 21.8 Å². The summed E-state index contributed by atoms with van der Waals surface area (Å²) in [6.45, 7) is 0. The number of halogens is 5. The first-order valence-electron chi connectivity index (χ1n) is 7.62. The fourth-order valence-electron chi connectivity index (χ4n) is 2.90. The molecular formula is C18H12Cl2F3N3O. The van der Waals surface area contributed by atoms with Crippen LogP contribution < -0.4 is 5.73 Å². The third-order valence-corrected chi connectivity index (χ3v) is 4.78. The number of hydrogen-bond acceptors (Lipinski definition) is 2. The van der Waals surface area contributed by atoms with E-state index in [4.69, 9.17) is 28.9 Å².